The van der Waals surface area contributed by atoms with Gasteiger partial charge >= 0.3 is 0 Å². The first-order chi connectivity index (χ1) is 13.2. The normalized spacial score (nSPS) is 24.1. The van der Waals surface area contributed by atoms with Crippen molar-refractivity contribution >= 4 is 11.4 Å². The van der Waals surface area contributed by atoms with Gasteiger partial charge in [0, 0.05) is 58.1 Å². The summed E-state index contributed by atoms with van der Waals surface area (Å²) in [6.45, 7) is 0. The van der Waals surface area contributed by atoms with E-state index < -0.39 is 42.1 Å². The van der Waals surface area contributed by atoms with Gasteiger partial charge in [-0.1, -0.05) is 0 Å². The Morgan fingerprint density at radius 3 is 1.25 bits per heavy atom. The predicted molar refractivity (Wildman–Crippen MR) is 91.0 cm³/mol. The van der Waals surface area contributed by atoms with Crippen molar-refractivity contribution in [3.05, 3.63) is 99.1 Å². The van der Waals surface area contributed by atoms with E-state index in [0.717, 1.165) is 36.4 Å². The lowest BCUT2D eigenvalue weighted by Gasteiger charge is -2.45. The molecule has 0 N–H and O–H groups in total. The van der Waals surface area contributed by atoms with Crippen molar-refractivity contribution in [2.45, 2.75) is 23.9 Å². The Hall–Kier alpha value is -3.96. The van der Waals surface area contributed by atoms with Crippen LogP contribution in [0.2, 0.25) is 0 Å². The maximum absolute atomic E-state index is 12.2. The Morgan fingerprint density at radius 2 is 0.964 bits per heavy atom. The molecular weight excluding hydrogens is 376 g/mol. The monoisotopic (exact) mass is 386 g/mol. The van der Waals surface area contributed by atoms with Crippen molar-refractivity contribution in [3.8, 4) is 0 Å². The van der Waals surface area contributed by atoms with E-state index in [0.29, 0.717) is 0 Å². The molecule has 0 fully saturated rings. The second-order valence-electron chi connectivity index (χ2n) is 6.71. The fourth-order valence-electron chi connectivity index (χ4n) is 4.46. The minimum atomic E-state index is -1.94. The van der Waals surface area contributed by atoms with E-state index in [4.69, 9.17) is 0 Å². The van der Waals surface area contributed by atoms with Crippen LogP contribution in [0.25, 0.3) is 0 Å². The van der Waals surface area contributed by atoms with Crippen LogP contribution in [-0.2, 0) is 11.1 Å². The fourth-order valence-corrected chi connectivity index (χ4v) is 4.46. The van der Waals surface area contributed by atoms with Crippen molar-refractivity contribution < 1.29 is 19.7 Å². The summed E-state index contributed by atoms with van der Waals surface area (Å²) in [5, 5.41) is 46.7. The zero-order valence-electron chi connectivity index (χ0n) is 13.9. The summed E-state index contributed by atoms with van der Waals surface area (Å²) < 4.78 is 0. The molecule has 0 amide bonds. The number of benzene rings is 2. The van der Waals surface area contributed by atoms with Crippen LogP contribution in [0.4, 0.5) is 11.4 Å². The van der Waals surface area contributed by atoms with Gasteiger partial charge in [0.25, 0.3) is 22.5 Å². The highest BCUT2D eigenvalue weighted by atomic mass is 16.6. The van der Waals surface area contributed by atoms with Gasteiger partial charge in [0.15, 0.2) is 0 Å². The molecule has 0 saturated carbocycles. The highest BCUT2D eigenvalue weighted by Gasteiger charge is 2.69. The van der Waals surface area contributed by atoms with Gasteiger partial charge in [-0.15, -0.1) is 0 Å². The first kappa shape index (κ1) is 17.5. The molecule has 0 aliphatic heterocycles. The van der Waals surface area contributed by atoms with Crippen LogP contribution in [0.5, 0.6) is 0 Å². The number of fused-ring (bicyclic) bond motifs is 1. The van der Waals surface area contributed by atoms with Crippen molar-refractivity contribution in [1.82, 2.24) is 0 Å². The van der Waals surface area contributed by atoms with E-state index in [9.17, 15) is 40.5 Å². The minimum absolute atomic E-state index is 0.0425. The third-order valence-electron chi connectivity index (χ3n) is 5.68. The summed E-state index contributed by atoms with van der Waals surface area (Å²) >= 11 is 0. The molecule has 2 bridgehead atoms. The average Bonchev–Trinajstić information content (AvgIpc) is 2.66. The van der Waals surface area contributed by atoms with Gasteiger partial charge in [0.2, 0.25) is 0 Å². The SMILES string of the molecule is O=[N+]([O-])c1ccc2c(c1)C1([N+](=O)[O-])CCC2([N+](=O)[O-])c2cc([N+](=O)[O-])ccc21. The third kappa shape index (κ3) is 1.83. The zero-order chi connectivity index (χ0) is 20.4. The summed E-state index contributed by atoms with van der Waals surface area (Å²) in [4.78, 5) is 44.0. The lowest BCUT2D eigenvalue weighted by molar-refractivity contribution is -0.602. The molecule has 2 aromatic carbocycles. The number of hydrogen-bond donors (Lipinski definition) is 0. The van der Waals surface area contributed by atoms with E-state index in [1.807, 2.05) is 0 Å². The molecular formula is C16H10N4O8. The largest absolute Gasteiger partial charge is 0.273 e. The number of hydrogen-bond acceptors (Lipinski definition) is 8. The minimum Gasteiger partial charge on any atom is -0.263 e. The third-order valence-corrected chi connectivity index (χ3v) is 5.68. The number of rotatable bonds is 4. The summed E-state index contributed by atoms with van der Waals surface area (Å²) in [5.41, 5.74) is -5.04. The summed E-state index contributed by atoms with van der Waals surface area (Å²) in [6, 6.07) is 6.40. The highest BCUT2D eigenvalue weighted by molar-refractivity contribution is 5.63. The number of nitro benzene ring substituents is 2. The molecule has 2 atom stereocenters. The molecule has 2 aromatic rings. The number of nitrogens with zero attached hydrogens (tertiary/aromatic N) is 4. The van der Waals surface area contributed by atoms with Gasteiger partial charge < -0.3 is 0 Å². The Morgan fingerprint density at radius 1 is 0.607 bits per heavy atom. The number of non-ortho nitro benzene ring substituents is 2. The van der Waals surface area contributed by atoms with Crippen LogP contribution < -0.4 is 0 Å². The van der Waals surface area contributed by atoms with E-state index in [1.54, 1.807) is 0 Å². The molecule has 0 spiro atoms. The standard InChI is InChI=1S/C16H10N4O8/c21-17(22)9-1-3-11-13(7-9)16(20(27)28)6-5-15(11,19(25)26)14-8-10(18(23)24)2-4-12(14)16/h1-4,7-8H,5-6H2. The molecule has 12 heteroatoms. The highest BCUT2D eigenvalue weighted by Crippen LogP contribution is 2.60. The van der Waals surface area contributed by atoms with Crippen LogP contribution in [-0.4, -0.2) is 19.7 Å². The Kier molecular flexibility index (Phi) is 3.29. The summed E-state index contributed by atoms with van der Waals surface area (Å²) in [6.07, 6.45) is -0.500. The number of nitro groups is 4. The maximum Gasteiger partial charge on any atom is 0.273 e. The molecule has 5 rings (SSSR count). The molecule has 28 heavy (non-hydrogen) atoms. The van der Waals surface area contributed by atoms with Crippen molar-refractivity contribution in [2.75, 3.05) is 0 Å². The first-order valence-electron chi connectivity index (χ1n) is 8.04. The van der Waals surface area contributed by atoms with Crippen molar-refractivity contribution in [1.29, 1.82) is 0 Å². The lowest BCUT2D eigenvalue weighted by atomic mass is 9.56. The van der Waals surface area contributed by atoms with Crippen molar-refractivity contribution in [3.63, 3.8) is 0 Å². The molecule has 3 aliphatic rings. The predicted octanol–water partition coefficient (Wildman–Crippen LogP) is 2.65. The molecule has 142 valence electrons. The summed E-state index contributed by atoms with van der Waals surface area (Å²) in [5.74, 6) is 0. The molecule has 0 saturated heterocycles. The van der Waals surface area contributed by atoms with E-state index in [-0.39, 0.29) is 35.1 Å². The fraction of sp³-hybridized carbons (Fsp3) is 0.250. The van der Waals surface area contributed by atoms with Crippen molar-refractivity contribution in [2.24, 2.45) is 0 Å². The second-order valence-corrected chi connectivity index (χ2v) is 6.71. The van der Waals surface area contributed by atoms with Crippen LogP contribution in [0.3, 0.4) is 0 Å². The molecule has 0 heterocycles. The van der Waals surface area contributed by atoms with E-state index >= 15 is 0 Å². The van der Waals surface area contributed by atoms with Crippen LogP contribution in [0.1, 0.15) is 35.1 Å². The van der Waals surface area contributed by atoms with E-state index in [1.165, 1.54) is 0 Å². The quantitative estimate of drug-likeness (QED) is 0.569. The first-order valence-corrected chi connectivity index (χ1v) is 8.04. The average molecular weight is 386 g/mol. The van der Waals surface area contributed by atoms with E-state index in [2.05, 4.69) is 0 Å². The maximum atomic E-state index is 12.2. The molecule has 0 radical (unpaired) electrons. The van der Waals surface area contributed by atoms with Gasteiger partial charge in [0.1, 0.15) is 0 Å². The topological polar surface area (TPSA) is 173 Å². The van der Waals surface area contributed by atoms with Crippen LogP contribution >= 0.6 is 0 Å². The summed E-state index contributed by atoms with van der Waals surface area (Å²) in [7, 11) is 0. The lowest BCUT2D eigenvalue weighted by Crippen LogP contribution is -2.55. The molecule has 12 nitrogen and oxygen atoms in total. The molecule has 3 aliphatic carbocycles. The molecule has 0 aromatic heterocycles. The zero-order valence-corrected chi connectivity index (χ0v) is 13.9. The van der Waals surface area contributed by atoms with Gasteiger partial charge in [-0.3, -0.25) is 40.5 Å². The second kappa shape index (κ2) is 5.28. The van der Waals surface area contributed by atoms with Crippen LogP contribution in [0, 0.1) is 40.5 Å². The Labute approximate surface area is 155 Å². The Bertz CT molecular complexity index is 1030. The molecule has 2 unspecified atom stereocenters. The van der Waals surface area contributed by atoms with Crippen LogP contribution in [0.15, 0.2) is 36.4 Å². The van der Waals surface area contributed by atoms with Gasteiger partial charge in [-0.25, -0.2) is 0 Å². The van der Waals surface area contributed by atoms with Gasteiger partial charge in [0.05, 0.1) is 21.0 Å². The smallest absolute Gasteiger partial charge is 0.263 e. The van der Waals surface area contributed by atoms with Gasteiger partial charge in [-0.2, -0.15) is 0 Å². The Balaban J connectivity index is 2.17. The van der Waals surface area contributed by atoms with Gasteiger partial charge in [-0.05, 0) is 12.1 Å².